The van der Waals surface area contributed by atoms with Gasteiger partial charge in [0, 0.05) is 0 Å². The van der Waals surface area contributed by atoms with Gasteiger partial charge in [0.05, 0.1) is 10.4 Å². The molecule has 2 rings (SSSR count). The van der Waals surface area contributed by atoms with Gasteiger partial charge < -0.3 is 5.11 Å². The van der Waals surface area contributed by atoms with Gasteiger partial charge in [-0.3, -0.25) is 4.79 Å². The van der Waals surface area contributed by atoms with E-state index in [1.807, 2.05) is 0 Å². The lowest BCUT2D eigenvalue weighted by Gasteiger charge is -2.24. The summed E-state index contributed by atoms with van der Waals surface area (Å²) < 4.78 is 13.4. The highest BCUT2D eigenvalue weighted by Gasteiger charge is 2.44. The van der Waals surface area contributed by atoms with Crippen LogP contribution in [0.25, 0.3) is 0 Å². The summed E-state index contributed by atoms with van der Waals surface area (Å²) in [5.74, 6) is -0.846. The fourth-order valence-corrected chi connectivity index (χ4v) is 2.98. The van der Waals surface area contributed by atoms with Crippen molar-refractivity contribution in [3.8, 4) is 0 Å². The standard InChI is InChI=1S/C14H16ClFO2/c1-9-4-5-14(7-9,13(17)18)8-10-2-3-11(15)12(16)6-10/h2-3,6,9H,4-5,7-8H2,1H3,(H,17,18). The van der Waals surface area contributed by atoms with Crippen LogP contribution in [0, 0.1) is 17.2 Å². The number of carboxylic acids is 1. The van der Waals surface area contributed by atoms with E-state index in [1.54, 1.807) is 6.07 Å². The maximum absolute atomic E-state index is 13.4. The Labute approximate surface area is 111 Å². The second-order valence-electron chi connectivity index (χ2n) is 5.36. The van der Waals surface area contributed by atoms with Gasteiger partial charge in [0.25, 0.3) is 0 Å². The number of carboxylic acid groups (broad SMARTS) is 1. The molecule has 18 heavy (non-hydrogen) atoms. The van der Waals surface area contributed by atoms with Gasteiger partial charge in [-0.2, -0.15) is 0 Å². The Morgan fingerprint density at radius 2 is 2.33 bits per heavy atom. The summed E-state index contributed by atoms with van der Waals surface area (Å²) in [5.41, 5.74) is -0.0342. The van der Waals surface area contributed by atoms with E-state index in [1.165, 1.54) is 12.1 Å². The number of hydrogen-bond donors (Lipinski definition) is 1. The van der Waals surface area contributed by atoms with Gasteiger partial charge in [-0.25, -0.2) is 4.39 Å². The minimum Gasteiger partial charge on any atom is -0.481 e. The lowest BCUT2D eigenvalue weighted by atomic mass is 9.79. The topological polar surface area (TPSA) is 37.3 Å². The molecule has 2 unspecified atom stereocenters. The van der Waals surface area contributed by atoms with Crippen LogP contribution in [-0.2, 0) is 11.2 Å². The van der Waals surface area contributed by atoms with E-state index in [-0.39, 0.29) is 5.02 Å². The molecule has 0 heterocycles. The summed E-state index contributed by atoms with van der Waals surface area (Å²) in [6.45, 7) is 2.06. The van der Waals surface area contributed by atoms with Crippen molar-refractivity contribution in [2.24, 2.45) is 11.3 Å². The van der Waals surface area contributed by atoms with Crippen molar-refractivity contribution >= 4 is 17.6 Å². The minimum atomic E-state index is -0.776. The molecule has 0 spiro atoms. The van der Waals surface area contributed by atoms with Crippen molar-refractivity contribution < 1.29 is 14.3 Å². The number of hydrogen-bond acceptors (Lipinski definition) is 1. The highest BCUT2D eigenvalue weighted by molar-refractivity contribution is 6.30. The molecule has 0 radical (unpaired) electrons. The number of benzene rings is 1. The zero-order chi connectivity index (χ0) is 13.3. The third-order valence-corrected chi connectivity index (χ3v) is 4.14. The van der Waals surface area contributed by atoms with Gasteiger partial charge in [0.2, 0.25) is 0 Å². The van der Waals surface area contributed by atoms with E-state index >= 15 is 0 Å². The molecule has 0 aromatic heterocycles. The van der Waals surface area contributed by atoms with Crippen LogP contribution in [-0.4, -0.2) is 11.1 Å². The molecule has 1 N–H and O–H groups in total. The zero-order valence-corrected chi connectivity index (χ0v) is 11.0. The van der Waals surface area contributed by atoms with Crippen LogP contribution >= 0.6 is 11.6 Å². The first-order valence-electron chi connectivity index (χ1n) is 6.10. The highest BCUT2D eigenvalue weighted by atomic mass is 35.5. The lowest BCUT2D eigenvalue weighted by molar-refractivity contribution is -0.148. The molecular formula is C14H16ClFO2. The molecule has 0 bridgehead atoms. The summed E-state index contributed by atoms with van der Waals surface area (Å²) in [6.07, 6.45) is 2.61. The Morgan fingerprint density at radius 3 is 2.83 bits per heavy atom. The maximum atomic E-state index is 13.4. The largest absolute Gasteiger partial charge is 0.481 e. The molecule has 0 aliphatic heterocycles. The fraction of sp³-hybridized carbons (Fsp3) is 0.500. The number of carbonyl (C=O) groups is 1. The Hall–Kier alpha value is -1.09. The summed E-state index contributed by atoms with van der Waals surface area (Å²) >= 11 is 5.63. The van der Waals surface area contributed by atoms with E-state index in [2.05, 4.69) is 6.92 Å². The normalized spacial score (nSPS) is 27.4. The first-order chi connectivity index (χ1) is 8.43. The van der Waals surface area contributed by atoms with E-state index in [0.29, 0.717) is 30.7 Å². The third-order valence-electron chi connectivity index (χ3n) is 3.84. The van der Waals surface area contributed by atoms with Crippen molar-refractivity contribution in [1.82, 2.24) is 0 Å². The molecule has 4 heteroatoms. The van der Waals surface area contributed by atoms with Crippen molar-refractivity contribution in [2.75, 3.05) is 0 Å². The van der Waals surface area contributed by atoms with E-state index < -0.39 is 17.2 Å². The molecule has 1 aromatic rings. The molecule has 0 amide bonds. The van der Waals surface area contributed by atoms with Gasteiger partial charge >= 0.3 is 5.97 Å². The quantitative estimate of drug-likeness (QED) is 0.904. The van der Waals surface area contributed by atoms with Gasteiger partial charge in [-0.1, -0.05) is 24.6 Å². The van der Waals surface area contributed by atoms with Gasteiger partial charge in [0.1, 0.15) is 5.82 Å². The monoisotopic (exact) mass is 270 g/mol. The summed E-state index contributed by atoms with van der Waals surface area (Å²) in [4.78, 5) is 11.5. The summed E-state index contributed by atoms with van der Waals surface area (Å²) in [6, 6.07) is 4.54. The average Bonchev–Trinajstić information content (AvgIpc) is 2.67. The first-order valence-corrected chi connectivity index (χ1v) is 6.48. The maximum Gasteiger partial charge on any atom is 0.309 e. The minimum absolute atomic E-state index is 0.0721. The number of rotatable bonds is 3. The SMILES string of the molecule is CC1CCC(Cc2ccc(Cl)c(F)c2)(C(=O)O)C1. The van der Waals surface area contributed by atoms with Crippen LogP contribution in [0.4, 0.5) is 4.39 Å². The smallest absolute Gasteiger partial charge is 0.309 e. The van der Waals surface area contributed by atoms with Crippen molar-refractivity contribution in [3.05, 3.63) is 34.6 Å². The third kappa shape index (κ3) is 2.51. The Bertz CT molecular complexity index is 475. The molecule has 98 valence electrons. The Morgan fingerprint density at radius 1 is 1.61 bits per heavy atom. The summed E-state index contributed by atoms with van der Waals surface area (Å²) in [7, 11) is 0. The van der Waals surface area contributed by atoms with E-state index in [4.69, 9.17) is 11.6 Å². The van der Waals surface area contributed by atoms with Gasteiger partial charge in [-0.15, -0.1) is 0 Å². The average molecular weight is 271 g/mol. The first kappa shape index (κ1) is 13.3. The number of halogens is 2. The second kappa shape index (κ2) is 4.88. The highest BCUT2D eigenvalue weighted by Crippen LogP contribution is 2.44. The van der Waals surface area contributed by atoms with Crippen molar-refractivity contribution in [1.29, 1.82) is 0 Å². The predicted molar refractivity (Wildman–Crippen MR) is 68.2 cm³/mol. The van der Waals surface area contributed by atoms with Crippen LogP contribution in [0.1, 0.15) is 31.7 Å². The van der Waals surface area contributed by atoms with Crippen molar-refractivity contribution in [2.45, 2.75) is 32.6 Å². The molecule has 1 aliphatic rings. The Kier molecular flexibility index (Phi) is 3.62. The Balaban J connectivity index is 2.24. The molecule has 2 atom stereocenters. The van der Waals surface area contributed by atoms with E-state index in [0.717, 1.165) is 6.42 Å². The molecule has 0 saturated heterocycles. The molecule has 1 aliphatic carbocycles. The number of aliphatic carboxylic acids is 1. The van der Waals surface area contributed by atoms with Crippen LogP contribution in [0.5, 0.6) is 0 Å². The van der Waals surface area contributed by atoms with E-state index in [9.17, 15) is 14.3 Å². The second-order valence-corrected chi connectivity index (χ2v) is 5.77. The fourth-order valence-electron chi connectivity index (χ4n) is 2.86. The van der Waals surface area contributed by atoms with Crippen LogP contribution in [0.15, 0.2) is 18.2 Å². The zero-order valence-electron chi connectivity index (χ0n) is 10.2. The predicted octanol–water partition coefficient (Wildman–Crippen LogP) is 3.91. The van der Waals surface area contributed by atoms with Crippen LogP contribution in [0.3, 0.4) is 0 Å². The molecule has 1 saturated carbocycles. The lowest BCUT2D eigenvalue weighted by Crippen LogP contribution is -2.30. The van der Waals surface area contributed by atoms with Crippen molar-refractivity contribution in [3.63, 3.8) is 0 Å². The van der Waals surface area contributed by atoms with Crippen LogP contribution in [0.2, 0.25) is 5.02 Å². The summed E-state index contributed by atoms with van der Waals surface area (Å²) in [5, 5.41) is 9.52. The van der Waals surface area contributed by atoms with Gasteiger partial charge in [0.15, 0.2) is 0 Å². The molecular weight excluding hydrogens is 255 g/mol. The molecule has 1 fully saturated rings. The molecule has 1 aromatic carbocycles. The van der Waals surface area contributed by atoms with Gasteiger partial charge in [-0.05, 0) is 49.3 Å². The molecule has 2 nitrogen and oxygen atoms in total. The van der Waals surface area contributed by atoms with Crippen LogP contribution < -0.4 is 0 Å².